The van der Waals surface area contributed by atoms with E-state index in [1.54, 1.807) is 41.3 Å². The average Bonchev–Trinajstić information content (AvgIpc) is 3.49. The summed E-state index contributed by atoms with van der Waals surface area (Å²) in [5.41, 5.74) is 1.46. The molecule has 0 atom stereocenters. The Labute approximate surface area is 180 Å². The Morgan fingerprint density at radius 2 is 1.84 bits per heavy atom. The van der Waals surface area contributed by atoms with Crippen molar-refractivity contribution < 1.29 is 23.6 Å². The van der Waals surface area contributed by atoms with Crippen LogP contribution in [0.4, 0.5) is 5.13 Å². The fourth-order valence-corrected chi connectivity index (χ4v) is 4.67. The van der Waals surface area contributed by atoms with Crippen molar-refractivity contribution >= 4 is 40.1 Å². The van der Waals surface area contributed by atoms with Crippen LogP contribution in [0.2, 0.25) is 0 Å². The van der Waals surface area contributed by atoms with E-state index in [2.05, 4.69) is 10.3 Å². The number of benzene rings is 1. The number of anilines is 1. The fraction of sp³-hybridized carbons (Fsp3) is 0.190. The minimum absolute atomic E-state index is 0.186. The van der Waals surface area contributed by atoms with Gasteiger partial charge in [0.05, 0.1) is 29.6 Å². The highest BCUT2D eigenvalue weighted by Crippen LogP contribution is 2.29. The summed E-state index contributed by atoms with van der Waals surface area (Å²) in [4.78, 5) is 57.9. The molecular formula is C21H16N4O5S. The number of hydrogen-bond acceptors (Lipinski definition) is 7. The quantitative estimate of drug-likeness (QED) is 0.627. The summed E-state index contributed by atoms with van der Waals surface area (Å²) in [6.45, 7) is 0.429. The van der Waals surface area contributed by atoms with Gasteiger partial charge >= 0.3 is 0 Å². The molecule has 0 aliphatic carbocycles. The molecule has 10 heteroatoms. The molecule has 5 rings (SSSR count). The highest BCUT2D eigenvalue weighted by Gasteiger charge is 2.37. The Bertz CT molecular complexity index is 1180. The monoisotopic (exact) mass is 436 g/mol. The van der Waals surface area contributed by atoms with Crippen LogP contribution >= 0.6 is 11.3 Å². The van der Waals surface area contributed by atoms with Crippen LogP contribution in [0.5, 0.6) is 0 Å². The van der Waals surface area contributed by atoms with Crippen molar-refractivity contribution in [3.63, 3.8) is 0 Å². The molecule has 0 bridgehead atoms. The topological polar surface area (TPSA) is 113 Å². The second kappa shape index (κ2) is 7.47. The predicted octanol–water partition coefficient (Wildman–Crippen LogP) is 2.17. The number of carbonyl (C=O) groups excluding carboxylic acids is 4. The Balaban J connectivity index is 1.25. The summed E-state index contributed by atoms with van der Waals surface area (Å²) in [6.07, 6.45) is 1.94. The molecule has 2 aliphatic heterocycles. The number of nitrogens with zero attached hydrogens (tertiary/aromatic N) is 3. The Kier molecular flexibility index (Phi) is 4.63. The summed E-state index contributed by atoms with van der Waals surface area (Å²) in [5, 5.41) is 3.13. The van der Waals surface area contributed by atoms with E-state index in [0.717, 1.165) is 15.5 Å². The SMILES string of the molecule is O=C(Nc1nc2c(s1)CN(C(=O)CN1C(=O)c3ccccc3C1=O)CC2)c1ccco1. The third kappa shape index (κ3) is 3.40. The van der Waals surface area contributed by atoms with Crippen LogP contribution < -0.4 is 5.32 Å². The number of aromatic nitrogens is 1. The normalized spacial score (nSPS) is 15.1. The van der Waals surface area contributed by atoms with Gasteiger partial charge in [-0.2, -0.15) is 0 Å². The van der Waals surface area contributed by atoms with E-state index in [-0.39, 0.29) is 18.2 Å². The second-order valence-electron chi connectivity index (χ2n) is 7.13. The lowest BCUT2D eigenvalue weighted by Gasteiger charge is -2.27. The average molecular weight is 436 g/mol. The molecular weight excluding hydrogens is 420 g/mol. The summed E-state index contributed by atoms with van der Waals surface area (Å²) >= 11 is 1.29. The second-order valence-corrected chi connectivity index (χ2v) is 8.21. The number of furan rings is 1. The lowest BCUT2D eigenvalue weighted by molar-refractivity contribution is -0.132. The van der Waals surface area contributed by atoms with Crippen molar-refractivity contribution in [3.8, 4) is 0 Å². The van der Waals surface area contributed by atoms with Crippen molar-refractivity contribution in [3.05, 3.63) is 70.1 Å². The van der Waals surface area contributed by atoms with Crippen molar-refractivity contribution in [1.82, 2.24) is 14.8 Å². The lowest BCUT2D eigenvalue weighted by atomic mass is 10.1. The van der Waals surface area contributed by atoms with E-state index < -0.39 is 17.7 Å². The van der Waals surface area contributed by atoms with Gasteiger partial charge in [-0.3, -0.25) is 29.4 Å². The van der Waals surface area contributed by atoms with E-state index in [9.17, 15) is 19.2 Å². The van der Waals surface area contributed by atoms with Gasteiger partial charge in [0.15, 0.2) is 10.9 Å². The minimum atomic E-state index is -0.452. The largest absolute Gasteiger partial charge is 0.459 e. The van der Waals surface area contributed by atoms with E-state index in [0.29, 0.717) is 35.8 Å². The van der Waals surface area contributed by atoms with E-state index >= 15 is 0 Å². The van der Waals surface area contributed by atoms with Gasteiger partial charge in [-0.15, -0.1) is 0 Å². The molecule has 2 aliphatic rings. The van der Waals surface area contributed by atoms with Gasteiger partial charge in [0.25, 0.3) is 17.7 Å². The van der Waals surface area contributed by atoms with Crippen LogP contribution in [0.3, 0.4) is 0 Å². The fourth-order valence-electron chi connectivity index (χ4n) is 3.65. The molecule has 0 unspecified atom stereocenters. The number of fused-ring (bicyclic) bond motifs is 2. The van der Waals surface area contributed by atoms with Gasteiger partial charge in [-0.25, -0.2) is 4.98 Å². The van der Waals surface area contributed by atoms with Crippen LogP contribution in [0.25, 0.3) is 0 Å². The maximum absolute atomic E-state index is 12.8. The Morgan fingerprint density at radius 3 is 2.52 bits per heavy atom. The summed E-state index contributed by atoms with van der Waals surface area (Å²) < 4.78 is 5.07. The van der Waals surface area contributed by atoms with Gasteiger partial charge in [0.2, 0.25) is 5.91 Å². The van der Waals surface area contributed by atoms with Gasteiger partial charge in [-0.1, -0.05) is 23.5 Å². The maximum atomic E-state index is 12.8. The highest BCUT2D eigenvalue weighted by molar-refractivity contribution is 7.15. The molecule has 0 radical (unpaired) electrons. The first-order valence-electron chi connectivity index (χ1n) is 9.57. The van der Waals surface area contributed by atoms with E-state index in [4.69, 9.17) is 4.42 Å². The van der Waals surface area contributed by atoms with Gasteiger partial charge in [0, 0.05) is 17.8 Å². The summed E-state index contributed by atoms with van der Waals surface area (Å²) in [5.74, 6) is -1.42. The summed E-state index contributed by atoms with van der Waals surface area (Å²) in [6, 6.07) is 9.73. The van der Waals surface area contributed by atoms with Crippen LogP contribution in [0.1, 0.15) is 41.8 Å². The molecule has 156 valence electrons. The van der Waals surface area contributed by atoms with Crippen LogP contribution in [-0.4, -0.2) is 51.5 Å². The molecule has 0 fully saturated rings. The molecule has 1 aromatic carbocycles. The zero-order valence-corrected chi connectivity index (χ0v) is 17.0. The number of rotatable bonds is 4. The first-order chi connectivity index (χ1) is 15.0. The Morgan fingerprint density at radius 1 is 1.10 bits per heavy atom. The van der Waals surface area contributed by atoms with E-state index in [1.165, 1.54) is 17.6 Å². The van der Waals surface area contributed by atoms with Crippen molar-refractivity contribution in [1.29, 1.82) is 0 Å². The zero-order valence-electron chi connectivity index (χ0n) is 16.2. The first kappa shape index (κ1) is 19.2. The predicted molar refractivity (Wildman–Crippen MR) is 110 cm³/mol. The highest BCUT2D eigenvalue weighted by atomic mass is 32.1. The zero-order chi connectivity index (χ0) is 21.5. The third-order valence-electron chi connectivity index (χ3n) is 5.22. The lowest BCUT2D eigenvalue weighted by Crippen LogP contribution is -2.44. The number of nitrogens with one attached hydrogen (secondary N) is 1. The number of amides is 4. The molecule has 0 saturated carbocycles. The van der Waals surface area contributed by atoms with Crippen molar-refractivity contribution in [2.45, 2.75) is 13.0 Å². The molecule has 4 amide bonds. The standard InChI is InChI=1S/C21H16N4O5S/c26-17(11-25-19(28)12-4-1-2-5-13(12)20(25)29)24-8-7-14-16(10-24)31-21(22-14)23-18(27)15-6-3-9-30-15/h1-6,9H,7-8,10-11H2,(H,22,23,27). The third-order valence-corrected chi connectivity index (χ3v) is 6.22. The number of carbonyl (C=O) groups is 4. The van der Waals surface area contributed by atoms with Crippen LogP contribution in [0, 0.1) is 0 Å². The minimum Gasteiger partial charge on any atom is -0.459 e. The summed E-state index contributed by atoms with van der Waals surface area (Å²) in [7, 11) is 0. The molecule has 31 heavy (non-hydrogen) atoms. The van der Waals surface area contributed by atoms with Crippen LogP contribution in [0.15, 0.2) is 47.1 Å². The van der Waals surface area contributed by atoms with Crippen molar-refractivity contribution in [2.24, 2.45) is 0 Å². The molecule has 0 spiro atoms. The molecule has 2 aromatic heterocycles. The van der Waals surface area contributed by atoms with E-state index in [1.807, 2.05) is 0 Å². The van der Waals surface area contributed by atoms with Crippen LogP contribution in [-0.2, 0) is 17.8 Å². The molecule has 0 saturated heterocycles. The smallest absolute Gasteiger partial charge is 0.293 e. The molecule has 4 heterocycles. The Hall–Kier alpha value is -3.79. The van der Waals surface area contributed by atoms with Gasteiger partial charge in [-0.05, 0) is 24.3 Å². The van der Waals surface area contributed by atoms with Crippen molar-refractivity contribution in [2.75, 3.05) is 18.4 Å². The molecule has 3 aromatic rings. The maximum Gasteiger partial charge on any atom is 0.293 e. The molecule has 1 N–H and O–H groups in total. The molecule has 9 nitrogen and oxygen atoms in total. The number of hydrogen-bond donors (Lipinski definition) is 1. The number of imide groups is 1. The van der Waals surface area contributed by atoms with Gasteiger partial charge in [0.1, 0.15) is 6.54 Å². The first-order valence-corrected chi connectivity index (χ1v) is 10.4. The number of thiazole rings is 1. The van der Waals surface area contributed by atoms with Gasteiger partial charge < -0.3 is 9.32 Å².